The zero-order chi connectivity index (χ0) is 34.1. The van der Waals surface area contributed by atoms with Crippen molar-refractivity contribution < 1.29 is 38.5 Å². The van der Waals surface area contributed by atoms with Crippen LogP contribution in [0.5, 0.6) is 5.75 Å². The number of carboxylic acids is 1. The monoisotopic (exact) mass is 646 g/mol. The number of nitrogens with zero attached hydrogens (tertiary/aromatic N) is 2. The van der Waals surface area contributed by atoms with E-state index in [0.29, 0.717) is 34.2 Å². The first-order valence-electron chi connectivity index (χ1n) is 15.9. The largest absolute Gasteiger partial charge is 0.507 e. The third-order valence-electron chi connectivity index (χ3n) is 7.78. The van der Waals surface area contributed by atoms with E-state index in [-0.39, 0.29) is 66.5 Å². The molecule has 0 unspecified atom stereocenters. The Labute approximate surface area is 273 Å². The van der Waals surface area contributed by atoms with Crippen LogP contribution in [-0.2, 0) is 32.2 Å². The maximum Gasteiger partial charge on any atom is 0.336 e. The molecule has 2 aliphatic rings. The van der Waals surface area contributed by atoms with Crippen molar-refractivity contribution in [2.75, 3.05) is 39.4 Å². The number of benzene rings is 3. The Morgan fingerprint density at radius 2 is 1.38 bits per heavy atom. The third kappa shape index (κ3) is 8.16. The number of carbonyl (C=O) groups excluding carboxylic acids is 2. The first kappa shape index (κ1) is 35.1. The standard InChI is InChI=1S/C36H42N2O9/c1-5-17-37(18-6-2)19-27-29(39)15-13-25-33(23-11-9-10-12-24(23)36(43)44)26-14-16-30(40)28(35(26)47-34(25)27)20-38(21-31(41)45-7-3)22-32(42)46-8-4/h9-16,40H,5-8,17-22H2,1-4H3,(H,43,44). The molecule has 0 bridgehead atoms. The highest BCUT2D eigenvalue weighted by Crippen LogP contribution is 2.45. The molecule has 1 heterocycles. The van der Waals surface area contributed by atoms with Gasteiger partial charge in [0.2, 0.25) is 0 Å². The number of phenols is 1. The molecule has 0 spiro atoms. The van der Waals surface area contributed by atoms with E-state index >= 15 is 0 Å². The molecular formula is C36H42N2O9. The summed E-state index contributed by atoms with van der Waals surface area (Å²) in [6.45, 7) is 8.92. The van der Waals surface area contributed by atoms with Crippen LogP contribution in [0.2, 0.25) is 0 Å². The summed E-state index contributed by atoms with van der Waals surface area (Å²) in [5, 5.41) is 21.9. The first-order chi connectivity index (χ1) is 22.6. The Morgan fingerprint density at radius 3 is 1.98 bits per heavy atom. The fourth-order valence-corrected chi connectivity index (χ4v) is 5.88. The maximum absolute atomic E-state index is 13.5. The van der Waals surface area contributed by atoms with Crippen LogP contribution >= 0.6 is 0 Å². The van der Waals surface area contributed by atoms with E-state index in [4.69, 9.17) is 13.9 Å². The van der Waals surface area contributed by atoms with Crippen LogP contribution in [0.15, 0.2) is 57.7 Å². The Balaban J connectivity index is 2.05. The van der Waals surface area contributed by atoms with Gasteiger partial charge in [0.25, 0.3) is 0 Å². The summed E-state index contributed by atoms with van der Waals surface area (Å²) in [7, 11) is 0. The second-order valence-electron chi connectivity index (χ2n) is 11.2. The summed E-state index contributed by atoms with van der Waals surface area (Å²) in [5.41, 5.74) is 2.12. The third-order valence-corrected chi connectivity index (χ3v) is 7.78. The molecule has 2 aromatic carbocycles. The smallest absolute Gasteiger partial charge is 0.336 e. The van der Waals surface area contributed by atoms with Gasteiger partial charge in [0.15, 0.2) is 5.43 Å². The molecule has 2 N–H and O–H groups in total. The fourth-order valence-electron chi connectivity index (χ4n) is 5.88. The van der Waals surface area contributed by atoms with Crippen molar-refractivity contribution in [1.29, 1.82) is 0 Å². The van der Waals surface area contributed by atoms with Crippen LogP contribution in [0.4, 0.5) is 0 Å². The van der Waals surface area contributed by atoms with Crippen molar-refractivity contribution in [3.63, 3.8) is 0 Å². The van der Waals surface area contributed by atoms with Gasteiger partial charge in [-0.15, -0.1) is 0 Å². The van der Waals surface area contributed by atoms with Crippen molar-refractivity contribution in [3.05, 3.63) is 75.4 Å². The number of aromatic carboxylic acids is 1. The van der Waals surface area contributed by atoms with Gasteiger partial charge in [-0.05, 0) is 75.7 Å². The van der Waals surface area contributed by atoms with Gasteiger partial charge < -0.3 is 24.1 Å². The highest BCUT2D eigenvalue weighted by molar-refractivity contribution is 6.08. The number of aromatic hydroxyl groups is 1. The normalized spacial score (nSPS) is 11.4. The van der Waals surface area contributed by atoms with Gasteiger partial charge >= 0.3 is 17.9 Å². The van der Waals surface area contributed by atoms with E-state index in [1.165, 1.54) is 23.1 Å². The molecule has 0 radical (unpaired) electrons. The van der Waals surface area contributed by atoms with Crippen LogP contribution in [0.1, 0.15) is 62.0 Å². The predicted octanol–water partition coefficient (Wildman–Crippen LogP) is 5.52. The number of carbonyl (C=O) groups is 3. The van der Waals surface area contributed by atoms with Gasteiger partial charge in [-0.25, -0.2) is 4.79 Å². The molecule has 4 rings (SSSR count). The molecule has 2 aromatic rings. The predicted molar refractivity (Wildman–Crippen MR) is 178 cm³/mol. The Kier molecular flexibility index (Phi) is 12.1. The van der Waals surface area contributed by atoms with E-state index in [1.54, 1.807) is 44.2 Å². The Bertz CT molecular complexity index is 1740. The number of hydrogen-bond donors (Lipinski definition) is 2. The zero-order valence-corrected chi connectivity index (χ0v) is 27.3. The molecule has 0 fully saturated rings. The number of fused-ring (bicyclic) bond motifs is 2. The lowest BCUT2D eigenvalue weighted by atomic mass is 9.88. The topological polar surface area (TPSA) is 147 Å². The molecule has 11 heteroatoms. The Hall–Kier alpha value is -4.74. The SMILES string of the molecule is CCCN(CCC)Cc1c2oc3c(CN(CC(=O)OCC)CC(=O)OCC)c(O)ccc3c(-c3ccccc3C(=O)O)c-2ccc1=O. The van der Waals surface area contributed by atoms with Crippen molar-refractivity contribution in [2.24, 2.45) is 0 Å². The molecule has 47 heavy (non-hydrogen) atoms. The van der Waals surface area contributed by atoms with Crippen molar-refractivity contribution in [1.82, 2.24) is 9.80 Å². The molecule has 0 aromatic heterocycles. The maximum atomic E-state index is 13.5. The number of esters is 2. The van der Waals surface area contributed by atoms with Crippen LogP contribution in [0, 0.1) is 0 Å². The van der Waals surface area contributed by atoms with Crippen LogP contribution in [-0.4, -0.2) is 77.3 Å². The summed E-state index contributed by atoms with van der Waals surface area (Å²) in [6, 6.07) is 12.8. The van der Waals surface area contributed by atoms with Gasteiger partial charge in [0.05, 0.1) is 43.0 Å². The number of rotatable bonds is 16. The molecular weight excluding hydrogens is 604 g/mol. The molecule has 1 aliphatic carbocycles. The van der Waals surface area contributed by atoms with Crippen molar-refractivity contribution in [2.45, 2.75) is 53.6 Å². The lowest BCUT2D eigenvalue weighted by Crippen LogP contribution is -2.35. The number of carboxylic acid groups (broad SMARTS) is 1. The minimum absolute atomic E-state index is 0.0496. The molecule has 0 atom stereocenters. The second-order valence-corrected chi connectivity index (χ2v) is 11.2. The molecule has 250 valence electrons. The average Bonchev–Trinajstić information content (AvgIpc) is 3.03. The van der Waals surface area contributed by atoms with E-state index in [9.17, 15) is 29.4 Å². The quantitative estimate of drug-likeness (QED) is 0.117. The zero-order valence-electron chi connectivity index (χ0n) is 27.3. The van der Waals surface area contributed by atoms with Crippen LogP contribution < -0.4 is 5.43 Å². The Morgan fingerprint density at radius 1 is 0.766 bits per heavy atom. The molecule has 11 nitrogen and oxygen atoms in total. The lowest BCUT2D eigenvalue weighted by molar-refractivity contribution is -0.148. The molecule has 0 amide bonds. The summed E-state index contributed by atoms with van der Waals surface area (Å²) in [5.74, 6) is -2.17. The summed E-state index contributed by atoms with van der Waals surface area (Å²) in [4.78, 5) is 54.7. The van der Waals surface area contributed by atoms with E-state index in [0.717, 1.165) is 25.9 Å². The average molecular weight is 647 g/mol. The summed E-state index contributed by atoms with van der Waals surface area (Å²) in [6.07, 6.45) is 1.76. The number of hydrogen-bond acceptors (Lipinski definition) is 10. The lowest BCUT2D eigenvalue weighted by Gasteiger charge is -2.25. The van der Waals surface area contributed by atoms with Gasteiger partial charge in [-0.2, -0.15) is 0 Å². The van der Waals surface area contributed by atoms with Crippen molar-refractivity contribution in [3.8, 4) is 28.2 Å². The summed E-state index contributed by atoms with van der Waals surface area (Å²) < 4.78 is 16.9. The highest BCUT2D eigenvalue weighted by atomic mass is 16.5. The van der Waals surface area contributed by atoms with E-state index in [2.05, 4.69) is 18.7 Å². The van der Waals surface area contributed by atoms with Crippen molar-refractivity contribution >= 4 is 28.9 Å². The van der Waals surface area contributed by atoms with Gasteiger partial charge in [0.1, 0.15) is 17.1 Å². The van der Waals surface area contributed by atoms with Gasteiger partial charge in [-0.1, -0.05) is 32.0 Å². The molecule has 1 aliphatic heterocycles. The van der Waals surface area contributed by atoms with E-state index < -0.39 is 17.9 Å². The van der Waals surface area contributed by atoms with E-state index in [1.807, 2.05) is 0 Å². The highest BCUT2D eigenvalue weighted by Gasteiger charge is 2.28. The minimum atomic E-state index is -1.13. The first-order valence-corrected chi connectivity index (χ1v) is 15.9. The van der Waals surface area contributed by atoms with Gasteiger partial charge in [-0.3, -0.25) is 24.2 Å². The minimum Gasteiger partial charge on any atom is -0.507 e. The summed E-state index contributed by atoms with van der Waals surface area (Å²) >= 11 is 0. The van der Waals surface area contributed by atoms with Crippen LogP contribution in [0.25, 0.3) is 33.4 Å². The molecule has 0 saturated heterocycles. The van der Waals surface area contributed by atoms with Gasteiger partial charge in [0, 0.05) is 29.6 Å². The number of phenolic OH excluding ortho intramolecular Hbond substituents is 1. The second kappa shape index (κ2) is 16.2. The van der Waals surface area contributed by atoms with Crippen LogP contribution in [0.3, 0.4) is 0 Å². The fraction of sp³-hybridized carbons (Fsp3) is 0.389. The number of ether oxygens (including phenoxy) is 2. The molecule has 0 saturated carbocycles.